The summed E-state index contributed by atoms with van der Waals surface area (Å²) in [6.45, 7) is 3.85. The number of hydrogen-bond donors (Lipinski definition) is 0. The summed E-state index contributed by atoms with van der Waals surface area (Å²) in [5, 5.41) is 0. The number of aryl methyl sites for hydroxylation is 1. The molecule has 0 radical (unpaired) electrons. The summed E-state index contributed by atoms with van der Waals surface area (Å²) < 4.78 is 8.34. The zero-order chi connectivity index (χ0) is 12.0. The molecule has 0 N–H and O–H groups in total. The summed E-state index contributed by atoms with van der Waals surface area (Å²) in [6, 6.07) is 8.26. The summed E-state index contributed by atoms with van der Waals surface area (Å²) in [6.07, 6.45) is 5.09. The van der Waals surface area contributed by atoms with E-state index in [1.54, 1.807) is 0 Å². The molecule has 2 aliphatic rings. The summed E-state index contributed by atoms with van der Waals surface area (Å²) >= 11 is 0. The predicted molar refractivity (Wildman–Crippen MR) is 66.8 cm³/mol. The van der Waals surface area contributed by atoms with Gasteiger partial charge in [-0.3, -0.25) is 0 Å². The lowest BCUT2D eigenvalue weighted by Crippen LogP contribution is -2.23. The van der Waals surface area contributed by atoms with Crippen LogP contribution >= 0.6 is 0 Å². The Balaban J connectivity index is 2.06. The van der Waals surface area contributed by atoms with Crippen LogP contribution in [0.5, 0.6) is 0 Å². The molecule has 16 heavy (non-hydrogen) atoms. The zero-order valence-corrected chi connectivity index (χ0v) is 9.64. The second kappa shape index (κ2) is 3.41. The first kappa shape index (κ1) is 8.45. The van der Waals surface area contributed by atoms with E-state index in [0.717, 1.165) is 12.1 Å². The molecule has 1 aromatic carbocycles. The average Bonchev–Trinajstić information content (AvgIpc) is 2.87. The van der Waals surface area contributed by atoms with Crippen LogP contribution < -0.4 is 4.90 Å². The van der Waals surface area contributed by atoms with Crippen LogP contribution in [-0.2, 0) is 0 Å². The molecule has 2 heterocycles. The maximum absolute atomic E-state index is 8.34. The summed E-state index contributed by atoms with van der Waals surface area (Å²) in [5.41, 5.74) is 4.81. The molecule has 82 valence electrons. The van der Waals surface area contributed by atoms with Gasteiger partial charge in [-0.1, -0.05) is 24.3 Å². The normalized spacial score (nSPS) is 24.1. The Labute approximate surface area is 97.9 Å². The highest BCUT2D eigenvalue weighted by atomic mass is 15.4. The quantitative estimate of drug-likeness (QED) is 0.706. The SMILES string of the molecule is [2H]C1N2C=CCC2=C(C)N1c1ccccc1C. The zero-order valence-electron chi connectivity index (χ0n) is 10.6. The Kier molecular flexibility index (Phi) is 1.80. The molecule has 0 saturated carbocycles. The van der Waals surface area contributed by atoms with Crippen LogP contribution in [0.4, 0.5) is 5.69 Å². The molecule has 0 saturated heterocycles. The van der Waals surface area contributed by atoms with Crippen LogP contribution in [0.25, 0.3) is 0 Å². The molecule has 1 unspecified atom stereocenters. The molecule has 0 bridgehead atoms. The number of nitrogens with zero attached hydrogens (tertiary/aromatic N) is 2. The smallest absolute Gasteiger partial charge is 0.0989 e. The lowest BCUT2D eigenvalue weighted by Gasteiger charge is -2.22. The predicted octanol–water partition coefficient (Wildman–Crippen LogP) is 3.22. The molecular weight excluding hydrogens is 196 g/mol. The Hall–Kier alpha value is -1.70. The van der Waals surface area contributed by atoms with Gasteiger partial charge in [0, 0.05) is 29.7 Å². The minimum Gasteiger partial charge on any atom is -0.331 e. The van der Waals surface area contributed by atoms with Crippen molar-refractivity contribution in [3.05, 3.63) is 53.5 Å². The van der Waals surface area contributed by atoms with Crippen LogP contribution in [0.2, 0.25) is 0 Å². The first-order valence-electron chi connectivity index (χ1n) is 6.20. The molecule has 3 rings (SSSR count). The van der Waals surface area contributed by atoms with E-state index in [2.05, 4.69) is 37.0 Å². The number of hydrogen-bond acceptors (Lipinski definition) is 2. The van der Waals surface area contributed by atoms with Gasteiger partial charge in [0.2, 0.25) is 0 Å². The van der Waals surface area contributed by atoms with Crippen LogP contribution in [0.1, 0.15) is 20.3 Å². The monoisotopic (exact) mass is 213 g/mol. The third kappa shape index (κ3) is 1.26. The highest BCUT2D eigenvalue weighted by Gasteiger charge is 2.27. The van der Waals surface area contributed by atoms with E-state index in [4.69, 9.17) is 1.37 Å². The second-order valence-electron chi connectivity index (χ2n) is 4.30. The highest BCUT2D eigenvalue weighted by molar-refractivity contribution is 5.59. The van der Waals surface area contributed by atoms with E-state index in [1.807, 2.05) is 23.2 Å². The molecule has 0 aromatic heterocycles. The van der Waals surface area contributed by atoms with Crippen LogP contribution in [0.3, 0.4) is 0 Å². The fourth-order valence-electron chi connectivity index (χ4n) is 2.34. The topological polar surface area (TPSA) is 6.48 Å². The number of para-hydroxylation sites is 1. The standard InChI is InChI=1S/C14H16N2/c1-11-6-3-4-7-13(11)16-10-15-9-5-8-14(15)12(16)2/h3-7,9H,8,10H2,1-2H3/i10D. The van der Waals surface area contributed by atoms with Gasteiger partial charge in [-0.25, -0.2) is 0 Å². The highest BCUT2D eigenvalue weighted by Crippen LogP contribution is 2.35. The van der Waals surface area contributed by atoms with Crippen molar-refractivity contribution in [2.45, 2.75) is 20.3 Å². The molecule has 2 nitrogen and oxygen atoms in total. The summed E-state index contributed by atoms with van der Waals surface area (Å²) in [4.78, 5) is 4.15. The summed E-state index contributed by atoms with van der Waals surface area (Å²) in [5.74, 6) is 0. The van der Waals surface area contributed by atoms with E-state index in [9.17, 15) is 0 Å². The van der Waals surface area contributed by atoms with Crippen molar-refractivity contribution < 1.29 is 1.37 Å². The number of benzene rings is 1. The van der Waals surface area contributed by atoms with Crippen molar-refractivity contribution in [1.29, 1.82) is 0 Å². The maximum Gasteiger partial charge on any atom is 0.0989 e. The van der Waals surface area contributed by atoms with Crippen LogP contribution in [0, 0.1) is 6.92 Å². The Bertz CT molecular complexity index is 519. The Morgan fingerprint density at radius 2 is 2.06 bits per heavy atom. The van der Waals surface area contributed by atoms with E-state index in [-0.39, 0.29) is 6.64 Å². The molecule has 0 amide bonds. The third-order valence-electron chi connectivity index (χ3n) is 3.28. The van der Waals surface area contributed by atoms with Gasteiger partial charge in [-0.05, 0) is 25.5 Å². The van der Waals surface area contributed by atoms with Gasteiger partial charge in [0.15, 0.2) is 0 Å². The number of rotatable bonds is 1. The van der Waals surface area contributed by atoms with E-state index in [0.29, 0.717) is 0 Å². The van der Waals surface area contributed by atoms with Crippen molar-refractivity contribution in [3.63, 3.8) is 0 Å². The largest absolute Gasteiger partial charge is 0.331 e. The van der Waals surface area contributed by atoms with E-state index < -0.39 is 0 Å². The maximum atomic E-state index is 8.34. The number of fused-ring (bicyclic) bond motifs is 1. The van der Waals surface area contributed by atoms with Gasteiger partial charge in [0.25, 0.3) is 0 Å². The van der Waals surface area contributed by atoms with Crippen molar-refractivity contribution in [1.82, 2.24) is 4.90 Å². The molecule has 0 fully saturated rings. The molecule has 0 aliphatic carbocycles. The molecule has 2 heteroatoms. The fraction of sp³-hybridized carbons (Fsp3) is 0.286. The van der Waals surface area contributed by atoms with Gasteiger partial charge < -0.3 is 9.80 Å². The van der Waals surface area contributed by atoms with Gasteiger partial charge in [0.05, 0.1) is 8.02 Å². The minimum atomic E-state index is -0.357. The van der Waals surface area contributed by atoms with E-state index >= 15 is 0 Å². The Morgan fingerprint density at radius 3 is 2.81 bits per heavy atom. The van der Waals surface area contributed by atoms with Crippen molar-refractivity contribution in [2.75, 3.05) is 11.5 Å². The van der Waals surface area contributed by atoms with E-state index in [1.165, 1.54) is 17.0 Å². The molecule has 2 aliphatic heterocycles. The average molecular weight is 213 g/mol. The third-order valence-corrected chi connectivity index (χ3v) is 3.28. The second-order valence-corrected chi connectivity index (χ2v) is 4.30. The van der Waals surface area contributed by atoms with Crippen molar-refractivity contribution in [3.8, 4) is 0 Å². The Morgan fingerprint density at radius 1 is 1.25 bits per heavy atom. The number of allylic oxidation sites excluding steroid dienone is 2. The van der Waals surface area contributed by atoms with Crippen molar-refractivity contribution >= 4 is 5.69 Å². The van der Waals surface area contributed by atoms with Crippen LogP contribution in [-0.4, -0.2) is 11.5 Å². The molecule has 0 spiro atoms. The van der Waals surface area contributed by atoms with Gasteiger partial charge in [-0.2, -0.15) is 0 Å². The molecular formula is C14H16N2. The lowest BCUT2D eigenvalue weighted by atomic mass is 10.1. The van der Waals surface area contributed by atoms with Crippen molar-refractivity contribution in [2.24, 2.45) is 0 Å². The minimum absolute atomic E-state index is 0.357. The summed E-state index contributed by atoms with van der Waals surface area (Å²) in [7, 11) is 0. The van der Waals surface area contributed by atoms with Gasteiger partial charge >= 0.3 is 0 Å². The lowest BCUT2D eigenvalue weighted by molar-refractivity contribution is 0.522. The molecule has 1 aromatic rings. The molecule has 1 atom stereocenters. The number of anilines is 1. The van der Waals surface area contributed by atoms with Crippen LogP contribution in [0.15, 0.2) is 47.9 Å². The fourth-order valence-corrected chi connectivity index (χ4v) is 2.34. The first-order chi connectivity index (χ1) is 8.20. The van der Waals surface area contributed by atoms with Gasteiger partial charge in [0.1, 0.15) is 0 Å². The van der Waals surface area contributed by atoms with Gasteiger partial charge in [-0.15, -0.1) is 0 Å². The first-order valence-corrected chi connectivity index (χ1v) is 5.62.